The Hall–Kier alpha value is -3.19. The molecule has 1 saturated carbocycles. The van der Waals surface area contributed by atoms with E-state index in [0.717, 1.165) is 61.9 Å². The van der Waals surface area contributed by atoms with Gasteiger partial charge in [0, 0.05) is 44.2 Å². The van der Waals surface area contributed by atoms with Gasteiger partial charge in [0.05, 0.1) is 5.69 Å². The Morgan fingerprint density at radius 3 is 2.11 bits per heavy atom. The van der Waals surface area contributed by atoms with Gasteiger partial charge in [-0.05, 0) is 74.7 Å². The third kappa shape index (κ3) is 6.62. The Kier molecular flexibility index (Phi) is 8.74. The van der Waals surface area contributed by atoms with Gasteiger partial charge in [0.15, 0.2) is 5.11 Å². The van der Waals surface area contributed by atoms with Gasteiger partial charge in [0.2, 0.25) is 5.95 Å². The molecule has 200 valence electrons. The first kappa shape index (κ1) is 26.4. The predicted octanol–water partition coefficient (Wildman–Crippen LogP) is 5.44. The molecule has 0 saturated heterocycles. The lowest BCUT2D eigenvalue weighted by molar-refractivity contribution is 0.385. The highest BCUT2D eigenvalue weighted by atomic mass is 32.1. The van der Waals surface area contributed by atoms with Crippen LogP contribution in [0.3, 0.4) is 0 Å². The van der Waals surface area contributed by atoms with Crippen molar-refractivity contribution in [3.05, 3.63) is 83.0 Å². The molecule has 2 aromatic carbocycles. The van der Waals surface area contributed by atoms with Crippen molar-refractivity contribution in [2.75, 3.05) is 30.9 Å². The van der Waals surface area contributed by atoms with E-state index in [1.165, 1.54) is 35.2 Å². The highest BCUT2D eigenvalue weighted by Gasteiger charge is 2.24. The quantitative estimate of drug-likeness (QED) is 0.337. The molecule has 7 heteroatoms. The lowest BCUT2D eigenvalue weighted by atomic mass is 9.91. The van der Waals surface area contributed by atoms with Gasteiger partial charge < -0.3 is 20.9 Å². The van der Waals surface area contributed by atoms with Crippen LogP contribution in [0.5, 0.6) is 0 Å². The molecule has 0 radical (unpaired) electrons. The first-order valence-electron chi connectivity index (χ1n) is 14.0. The minimum atomic E-state index is 0.251. The maximum Gasteiger partial charge on any atom is 0.225 e. The summed E-state index contributed by atoms with van der Waals surface area (Å²) >= 11 is 5.72. The van der Waals surface area contributed by atoms with E-state index >= 15 is 0 Å². The van der Waals surface area contributed by atoms with Gasteiger partial charge in [-0.2, -0.15) is 4.98 Å². The van der Waals surface area contributed by atoms with Crippen molar-refractivity contribution in [1.29, 1.82) is 0 Å². The zero-order valence-corrected chi connectivity index (χ0v) is 23.4. The lowest BCUT2D eigenvalue weighted by Gasteiger charge is -2.31. The topological polar surface area (TPSA) is 65.1 Å². The number of rotatable bonds is 8. The van der Waals surface area contributed by atoms with Gasteiger partial charge in [0.1, 0.15) is 5.82 Å². The highest BCUT2D eigenvalue weighted by Crippen LogP contribution is 2.29. The molecule has 2 aliphatic carbocycles. The van der Waals surface area contributed by atoms with E-state index in [1.54, 1.807) is 0 Å². The molecule has 0 bridgehead atoms. The summed E-state index contributed by atoms with van der Waals surface area (Å²) in [6.45, 7) is 0.765. The summed E-state index contributed by atoms with van der Waals surface area (Å²) in [5, 5.41) is 11.5. The molecule has 0 amide bonds. The SMILES string of the molecule is CN(C)c1nc(N[C@H]2CC[C@@H](NC(=S)NCC(c3ccccc3)c3ccccc3)CC2)nc2c1CCCC2. The fourth-order valence-electron chi connectivity index (χ4n) is 5.80. The van der Waals surface area contributed by atoms with Crippen molar-refractivity contribution in [2.24, 2.45) is 0 Å². The monoisotopic (exact) mass is 528 g/mol. The van der Waals surface area contributed by atoms with E-state index in [-0.39, 0.29) is 5.92 Å². The second kappa shape index (κ2) is 12.6. The Morgan fingerprint density at radius 1 is 0.868 bits per heavy atom. The van der Waals surface area contributed by atoms with Crippen LogP contribution in [0.4, 0.5) is 11.8 Å². The van der Waals surface area contributed by atoms with Crippen LogP contribution in [0.2, 0.25) is 0 Å². The van der Waals surface area contributed by atoms with Crippen molar-refractivity contribution in [1.82, 2.24) is 20.6 Å². The van der Waals surface area contributed by atoms with Crippen LogP contribution in [0, 0.1) is 0 Å². The highest BCUT2D eigenvalue weighted by molar-refractivity contribution is 7.80. The molecule has 0 atom stereocenters. The summed E-state index contributed by atoms with van der Waals surface area (Å²) in [7, 11) is 4.16. The van der Waals surface area contributed by atoms with Crippen molar-refractivity contribution in [3.8, 4) is 0 Å². The minimum Gasteiger partial charge on any atom is -0.362 e. The average molecular weight is 529 g/mol. The fourth-order valence-corrected chi connectivity index (χ4v) is 6.05. The van der Waals surface area contributed by atoms with E-state index in [4.69, 9.17) is 22.2 Å². The van der Waals surface area contributed by atoms with Crippen LogP contribution in [0.1, 0.15) is 66.8 Å². The van der Waals surface area contributed by atoms with E-state index in [1.807, 2.05) is 0 Å². The molecule has 3 N–H and O–H groups in total. The summed E-state index contributed by atoms with van der Waals surface area (Å²) < 4.78 is 0. The molecular formula is C31H40N6S. The smallest absolute Gasteiger partial charge is 0.225 e. The van der Waals surface area contributed by atoms with E-state index < -0.39 is 0 Å². The zero-order chi connectivity index (χ0) is 26.3. The van der Waals surface area contributed by atoms with Gasteiger partial charge >= 0.3 is 0 Å². The van der Waals surface area contributed by atoms with Crippen LogP contribution in [-0.2, 0) is 12.8 Å². The molecule has 0 aliphatic heterocycles. The number of aryl methyl sites for hydroxylation is 1. The standard InChI is InChI=1S/C31H40N6S/c1-37(2)29-26-15-9-10-16-28(26)35-30(36-29)33-24-17-19-25(20-18-24)34-31(38)32-21-27(22-11-5-3-6-12-22)23-13-7-4-8-14-23/h3-8,11-14,24-25,27H,9-10,15-21H2,1-2H3,(H2,32,34,38)(H,33,35,36)/t24-,25+. The van der Waals surface area contributed by atoms with E-state index in [9.17, 15) is 0 Å². The maximum atomic E-state index is 5.72. The Labute approximate surface area is 232 Å². The van der Waals surface area contributed by atoms with Gasteiger partial charge in [-0.25, -0.2) is 4.98 Å². The van der Waals surface area contributed by atoms with Gasteiger partial charge in [-0.3, -0.25) is 0 Å². The predicted molar refractivity (Wildman–Crippen MR) is 161 cm³/mol. The summed E-state index contributed by atoms with van der Waals surface area (Å²) in [5.74, 6) is 2.12. The molecule has 38 heavy (non-hydrogen) atoms. The number of anilines is 2. The van der Waals surface area contributed by atoms with Crippen molar-refractivity contribution < 1.29 is 0 Å². The van der Waals surface area contributed by atoms with Crippen molar-refractivity contribution >= 4 is 29.1 Å². The maximum absolute atomic E-state index is 5.72. The van der Waals surface area contributed by atoms with E-state index in [0.29, 0.717) is 12.1 Å². The number of hydrogen-bond acceptors (Lipinski definition) is 5. The number of benzene rings is 2. The Morgan fingerprint density at radius 2 is 1.47 bits per heavy atom. The van der Waals surface area contributed by atoms with Gasteiger partial charge in [-0.1, -0.05) is 60.7 Å². The molecule has 1 aromatic heterocycles. The molecule has 6 nitrogen and oxygen atoms in total. The summed E-state index contributed by atoms with van der Waals surface area (Å²) in [5.41, 5.74) is 5.15. The molecule has 0 unspecified atom stereocenters. The Bertz CT molecular complexity index is 1150. The number of hydrogen-bond donors (Lipinski definition) is 3. The van der Waals surface area contributed by atoms with Crippen LogP contribution in [-0.4, -0.2) is 47.8 Å². The average Bonchev–Trinajstić information content (AvgIpc) is 2.95. The minimum absolute atomic E-state index is 0.251. The van der Waals surface area contributed by atoms with Crippen LogP contribution < -0.4 is 20.9 Å². The summed E-state index contributed by atoms with van der Waals surface area (Å²) in [4.78, 5) is 11.9. The third-order valence-corrected chi connectivity index (χ3v) is 8.11. The summed E-state index contributed by atoms with van der Waals surface area (Å²) in [6.07, 6.45) is 8.91. The first-order valence-corrected chi connectivity index (χ1v) is 14.5. The molecule has 0 spiro atoms. The fraction of sp³-hybridized carbons (Fsp3) is 0.452. The molecule has 5 rings (SSSR count). The molecular weight excluding hydrogens is 488 g/mol. The van der Waals surface area contributed by atoms with Crippen molar-refractivity contribution in [2.45, 2.75) is 69.4 Å². The van der Waals surface area contributed by atoms with Crippen LogP contribution in [0.15, 0.2) is 60.7 Å². The zero-order valence-electron chi connectivity index (χ0n) is 22.6. The number of aromatic nitrogens is 2. The third-order valence-electron chi connectivity index (χ3n) is 7.85. The van der Waals surface area contributed by atoms with Crippen LogP contribution >= 0.6 is 12.2 Å². The number of nitrogens with one attached hydrogen (secondary N) is 3. The molecule has 3 aromatic rings. The molecule has 2 aliphatic rings. The number of fused-ring (bicyclic) bond motifs is 1. The second-order valence-corrected chi connectivity index (χ2v) is 11.2. The number of nitrogens with zero attached hydrogens (tertiary/aromatic N) is 3. The number of thiocarbonyl (C=S) groups is 1. The van der Waals surface area contributed by atoms with E-state index in [2.05, 4.69) is 95.6 Å². The van der Waals surface area contributed by atoms with Gasteiger partial charge in [0.25, 0.3) is 0 Å². The largest absolute Gasteiger partial charge is 0.362 e. The Balaban J connectivity index is 1.12. The van der Waals surface area contributed by atoms with Gasteiger partial charge in [-0.15, -0.1) is 0 Å². The summed E-state index contributed by atoms with van der Waals surface area (Å²) in [6, 6.07) is 22.1. The second-order valence-electron chi connectivity index (χ2n) is 10.8. The van der Waals surface area contributed by atoms with Crippen LogP contribution in [0.25, 0.3) is 0 Å². The normalized spacial score (nSPS) is 18.9. The lowest BCUT2D eigenvalue weighted by Crippen LogP contribution is -2.45. The first-order chi connectivity index (χ1) is 18.6. The molecule has 1 heterocycles. The van der Waals surface area contributed by atoms with Crippen molar-refractivity contribution in [3.63, 3.8) is 0 Å². The molecule has 1 fully saturated rings.